The van der Waals surface area contributed by atoms with Gasteiger partial charge in [-0.25, -0.2) is 8.42 Å². The van der Waals surface area contributed by atoms with E-state index in [0.29, 0.717) is 40.0 Å². The molecule has 0 atom stereocenters. The van der Waals surface area contributed by atoms with Crippen LogP contribution in [-0.4, -0.2) is 42.3 Å². The highest BCUT2D eigenvalue weighted by Gasteiger charge is 2.37. The first-order chi connectivity index (χ1) is 13.2. The summed E-state index contributed by atoms with van der Waals surface area (Å²) in [5.41, 5.74) is 1.83. The van der Waals surface area contributed by atoms with E-state index in [4.69, 9.17) is 0 Å². The molecule has 0 fully saturated rings. The predicted molar refractivity (Wildman–Crippen MR) is 113 cm³/mol. The van der Waals surface area contributed by atoms with Crippen LogP contribution in [0.5, 0.6) is 0 Å². The van der Waals surface area contributed by atoms with Crippen LogP contribution in [0.15, 0.2) is 27.2 Å². The van der Waals surface area contributed by atoms with Crippen molar-refractivity contribution < 1.29 is 23.1 Å². The summed E-state index contributed by atoms with van der Waals surface area (Å²) in [6.07, 6.45) is 1.09. The van der Waals surface area contributed by atoms with Gasteiger partial charge in [-0.05, 0) is 37.5 Å². The van der Waals surface area contributed by atoms with Crippen molar-refractivity contribution in [3.8, 4) is 0 Å². The first-order valence-corrected chi connectivity index (χ1v) is 12.7. The Morgan fingerprint density at radius 3 is 2.57 bits per heavy atom. The van der Waals surface area contributed by atoms with E-state index < -0.39 is 15.6 Å². The Kier molecular flexibility index (Phi) is 5.00. The number of hydrogen-bond donors (Lipinski definition) is 1. The molecule has 0 unspecified atom stereocenters. The normalized spacial score (nSPS) is 21.4. The predicted octanol–water partition coefficient (Wildman–Crippen LogP) is 3.99. The number of sulfone groups is 1. The van der Waals surface area contributed by atoms with Gasteiger partial charge in [0.25, 0.3) is 0 Å². The standard InChI is InChI=1S/C20H20O5S3/c1-10-8-12(18(23)17-13(21)4-3-5-14(17)22)11(2)16-19-15(26-6-7-27-19)9-28(24,25)20(10)16/h8,21H,3-7,9H2,1-2H3. The van der Waals surface area contributed by atoms with Gasteiger partial charge in [0, 0.05) is 45.3 Å². The molecule has 1 aliphatic carbocycles. The van der Waals surface area contributed by atoms with Gasteiger partial charge in [0.05, 0.1) is 10.6 Å². The minimum Gasteiger partial charge on any atom is -0.511 e. The van der Waals surface area contributed by atoms with Crippen molar-refractivity contribution in [2.45, 2.75) is 38.0 Å². The van der Waals surface area contributed by atoms with E-state index in [9.17, 15) is 23.1 Å². The van der Waals surface area contributed by atoms with Crippen LogP contribution in [0.1, 0.15) is 46.3 Å². The topological polar surface area (TPSA) is 88.5 Å². The van der Waals surface area contributed by atoms with Gasteiger partial charge in [-0.3, -0.25) is 9.59 Å². The lowest BCUT2D eigenvalue weighted by atomic mass is 9.87. The molecule has 0 amide bonds. The Balaban J connectivity index is 1.97. The summed E-state index contributed by atoms with van der Waals surface area (Å²) >= 11 is 3.19. The number of aliphatic hydroxyl groups excluding tert-OH is 1. The summed E-state index contributed by atoms with van der Waals surface area (Å²) in [6, 6.07) is 1.56. The number of thioether (sulfide) groups is 2. The molecule has 4 rings (SSSR count). The van der Waals surface area contributed by atoms with E-state index in [1.807, 2.05) is 0 Å². The van der Waals surface area contributed by atoms with E-state index in [0.717, 1.165) is 21.3 Å². The fourth-order valence-electron chi connectivity index (χ4n) is 4.04. The molecule has 0 bridgehead atoms. The Labute approximate surface area is 172 Å². The second-order valence-corrected chi connectivity index (χ2v) is 11.4. The number of aliphatic hydroxyl groups is 1. The van der Waals surface area contributed by atoms with Gasteiger partial charge in [0.15, 0.2) is 21.4 Å². The quantitative estimate of drug-likeness (QED) is 0.554. The van der Waals surface area contributed by atoms with Crippen LogP contribution in [0.25, 0.3) is 4.91 Å². The molecule has 1 aromatic carbocycles. The van der Waals surface area contributed by atoms with Crippen LogP contribution >= 0.6 is 23.5 Å². The number of hydrogen-bond acceptors (Lipinski definition) is 7. The molecule has 28 heavy (non-hydrogen) atoms. The maximum Gasteiger partial charge on any atom is 0.200 e. The fourth-order valence-corrected chi connectivity index (χ4v) is 9.08. The van der Waals surface area contributed by atoms with Crippen molar-refractivity contribution in [3.63, 3.8) is 0 Å². The van der Waals surface area contributed by atoms with Crippen LogP contribution in [0.4, 0.5) is 0 Å². The fraction of sp³-hybridized carbons (Fsp3) is 0.400. The summed E-state index contributed by atoms with van der Waals surface area (Å²) in [5, 5.41) is 10.2. The van der Waals surface area contributed by atoms with Crippen molar-refractivity contribution in [2.24, 2.45) is 0 Å². The van der Waals surface area contributed by atoms with Crippen LogP contribution < -0.4 is 0 Å². The molecule has 1 N–H and O–H groups in total. The van der Waals surface area contributed by atoms with E-state index in [-0.39, 0.29) is 29.3 Å². The van der Waals surface area contributed by atoms with E-state index in [1.165, 1.54) is 0 Å². The van der Waals surface area contributed by atoms with Gasteiger partial charge >= 0.3 is 0 Å². The number of carbonyl (C=O) groups is 2. The first-order valence-electron chi connectivity index (χ1n) is 9.08. The second-order valence-electron chi connectivity index (χ2n) is 7.21. The number of allylic oxidation sites excluding steroid dienone is 2. The van der Waals surface area contributed by atoms with Crippen molar-refractivity contribution in [1.29, 1.82) is 0 Å². The number of aryl methyl sites for hydroxylation is 1. The van der Waals surface area contributed by atoms with Crippen LogP contribution in [0, 0.1) is 13.8 Å². The molecular weight excluding hydrogens is 416 g/mol. The van der Waals surface area contributed by atoms with Gasteiger partial charge < -0.3 is 5.11 Å². The lowest BCUT2D eigenvalue weighted by molar-refractivity contribution is -0.116. The van der Waals surface area contributed by atoms with E-state index in [1.54, 1.807) is 43.4 Å². The molecule has 8 heteroatoms. The molecule has 2 aliphatic heterocycles. The van der Waals surface area contributed by atoms with E-state index in [2.05, 4.69) is 0 Å². The Hall–Kier alpha value is -1.51. The zero-order valence-electron chi connectivity index (χ0n) is 15.6. The SMILES string of the molecule is Cc1cc(C(=O)C2=C(O)CCCC2=O)c(C)c2c1S(=O)(=O)CC1=C2SCCS1. The minimum atomic E-state index is -3.49. The van der Waals surface area contributed by atoms with Crippen LogP contribution in [0.3, 0.4) is 0 Å². The third kappa shape index (κ3) is 3.06. The van der Waals surface area contributed by atoms with Gasteiger partial charge in [0.1, 0.15) is 11.3 Å². The largest absolute Gasteiger partial charge is 0.511 e. The van der Waals surface area contributed by atoms with E-state index >= 15 is 0 Å². The summed E-state index contributed by atoms with van der Waals surface area (Å²) < 4.78 is 25.9. The number of carbonyl (C=O) groups excluding carboxylic acids is 2. The maximum absolute atomic E-state index is 13.2. The highest BCUT2D eigenvalue weighted by Crippen LogP contribution is 2.49. The monoisotopic (exact) mass is 436 g/mol. The Morgan fingerprint density at radius 2 is 1.86 bits per heavy atom. The molecule has 1 aromatic rings. The molecule has 0 saturated heterocycles. The number of rotatable bonds is 2. The van der Waals surface area contributed by atoms with Crippen LogP contribution in [0.2, 0.25) is 0 Å². The average molecular weight is 437 g/mol. The van der Waals surface area contributed by atoms with Gasteiger partial charge in [-0.1, -0.05) is 0 Å². The second kappa shape index (κ2) is 7.07. The van der Waals surface area contributed by atoms with Crippen molar-refractivity contribution >= 4 is 49.8 Å². The summed E-state index contributed by atoms with van der Waals surface area (Å²) in [6.45, 7) is 3.43. The molecule has 148 valence electrons. The molecule has 2 heterocycles. The van der Waals surface area contributed by atoms with Crippen molar-refractivity contribution in [1.82, 2.24) is 0 Å². The summed E-state index contributed by atoms with van der Waals surface area (Å²) in [5.74, 6) is 0.726. The number of fused-ring (bicyclic) bond motifs is 2. The van der Waals surface area contributed by atoms with Crippen molar-refractivity contribution in [2.75, 3.05) is 17.3 Å². The number of benzene rings is 1. The Bertz CT molecular complexity index is 1090. The molecule has 0 spiro atoms. The third-order valence-electron chi connectivity index (χ3n) is 5.30. The molecule has 3 aliphatic rings. The summed E-state index contributed by atoms with van der Waals surface area (Å²) in [4.78, 5) is 27.5. The minimum absolute atomic E-state index is 0.00496. The first kappa shape index (κ1) is 19.8. The third-order valence-corrected chi connectivity index (χ3v) is 9.94. The molecule has 0 radical (unpaired) electrons. The van der Waals surface area contributed by atoms with Crippen LogP contribution in [-0.2, 0) is 14.6 Å². The zero-order chi connectivity index (χ0) is 20.2. The molecular formula is C20H20O5S3. The van der Waals surface area contributed by atoms with Gasteiger partial charge in [0.2, 0.25) is 0 Å². The average Bonchev–Trinajstić information content (AvgIpc) is 2.62. The van der Waals surface area contributed by atoms with Gasteiger partial charge in [-0.15, -0.1) is 23.5 Å². The Morgan fingerprint density at radius 1 is 1.14 bits per heavy atom. The van der Waals surface area contributed by atoms with Crippen molar-refractivity contribution in [3.05, 3.63) is 44.6 Å². The summed E-state index contributed by atoms with van der Waals surface area (Å²) in [7, 11) is -3.49. The molecule has 0 saturated carbocycles. The molecule has 0 aromatic heterocycles. The smallest absolute Gasteiger partial charge is 0.200 e. The maximum atomic E-state index is 13.2. The lowest BCUT2D eigenvalue weighted by Gasteiger charge is -2.29. The number of Topliss-reactive ketones (excluding diaryl/α,β-unsaturated/α-hetero) is 2. The zero-order valence-corrected chi connectivity index (χ0v) is 18.1. The number of ketones is 2. The highest BCUT2D eigenvalue weighted by atomic mass is 32.2. The lowest BCUT2D eigenvalue weighted by Crippen LogP contribution is -2.24. The molecule has 5 nitrogen and oxygen atoms in total. The van der Waals surface area contributed by atoms with Gasteiger partial charge in [-0.2, -0.15) is 0 Å². The highest BCUT2D eigenvalue weighted by molar-refractivity contribution is 8.14.